The number of hydrogen-bond acceptors (Lipinski definition) is 7. The Kier molecular flexibility index (Phi) is 7.23. The van der Waals surface area contributed by atoms with Crippen molar-refractivity contribution in [2.45, 2.75) is 13.3 Å². The van der Waals surface area contributed by atoms with Gasteiger partial charge in [0.25, 0.3) is 11.8 Å². The van der Waals surface area contributed by atoms with Crippen LogP contribution in [0.2, 0.25) is 0 Å². The van der Waals surface area contributed by atoms with Crippen molar-refractivity contribution in [3.05, 3.63) is 48.2 Å². The second-order valence-electron chi connectivity index (χ2n) is 6.95. The van der Waals surface area contributed by atoms with E-state index in [2.05, 4.69) is 30.9 Å². The molecule has 3 rings (SSSR count). The van der Waals surface area contributed by atoms with E-state index in [-0.39, 0.29) is 42.7 Å². The molecule has 3 amide bonds. The summed E-state index contributed by atoms with van der Waals surface area (Å²) < 4.78 is 7.92. The molecule has 0 aliphatic carbocycles. The summed E-state index contributed by atoms with van der Waals surface area (Å²) in [6, 6.07) is 1.47. The van der Waals surface area contributed by atoms with Crippen LogP contribution in [0.15, 0.2) is 30.9 Å². The molecule has 3 heterocycles. The minimum Gasteiger partial charge on any atom is -0.460 e. The van der Waals surface area contributed by atoms with E-state index in [1.165, 1.54) is 29.2 Å². The largest absolute Gasteiger partial charge is 0.460 e. The van der Waals surface area contributed by atoms with Crippen LogP contribution in [-0.4, -0.2) is 60.9 Å². The number of ether oxygens (including phenoxy) is 1. The van der Waals surface area contributed by atoms with Crippen LogP contribution in [0.3, 0.4) is 0 Å². The Morgan fingerprint density at radius 3 is 2.58 bits per heavy atom. The number of carbonyl (C=O) groups excluding carboxylic acids is 4. The highest BCUT2D eigenvalue weighted by Crippen LogP contribution is 2.11. The van der Waals surface area contributed by atoms with Crippen molar-refractivity contribution in [1.82, 2.24) is 29.4 Å². The van der Waals surface area contributed by atoms with Crippen molar-refractivity contribution < 1.29 is 23.9 Å². The second kappa shape index (κ2) is 10.3. The lowest BCUT2D eigenvalue weighted by molar-refractivity contribution is -0.116. The van der Waals surface area contributed by atoms with Crippen molar-refractivity contribution in [2.24, 2.45) is 14.1 Å². The number of esters is 1. The van der Waals surface area contributed by atoms with Gasteiger partial charge in [-0.3, -0.25) is 14.4 Å². The normalized spacial score (nSPS) is 10.5. The average molecular weight is 456 g/mol. The summed E-state index contributed by atoms with van der Waals surface area (Å²) in [5, 5.41) is 7.82. The van der Waals surface area contributed by atoms with Gasteiger partial charge in [0, 0.05) is 51.8 Å². The number of nitrogens with zero attached hydrogens (tertiary/aromatic N) is 4. The summed E-state index contributed by atoms with van der Waals surface area (Å²) in [6.45, 7) is 1.96. The highest BCUT2D eigenvalue weighted by molar-refractivity contribution is 6.03. The molecule has 174 valence electrons. The SMILES string of the molecule is CCOC(=O)c1nc(NC(=O)CCNC(=O)c2cc(NC(=O)c3nccn3C)c[nH]2)cn1C. The Labute approximate surface area is 188 Å². The first-order valence-electron chi connectivity index (χ1n) is 10.0. The number of H-pyrrole nitrogens is 1. The lowest BCUT2D eigenvalue weighted by Crippen LogP contribution is -2.28. The average Bonchev–Trinajstić information content (AvgIpc) is 3.48. The zero-order valence-electron chi connectivity index (χ0n) is 18.3. The Balaban J connectivity index is 1.45. The summed E-state index contributed by atoms with van der Waals surface area (Å²) in [7, 11) is 3.31. The maximum Gasteiger partial charge on any atom is 0.374 e. The van der Waals surface area contributed by atoms with E-state index in [9.17, 15) is 19.2 Å². The van der Waals surface area contributed by atoms with Crippen LogP contribution in [0.4, 0.5) is 11.5 Å². The topological polar surface area (TPSA) is 165 Å². The summed E-state index contributed by atoms with van der Waals surface area (Å²) >= 11 is 0. The second-order valence-corrected chi connectivity index (χ2v) is 6.95. The first-order valence-corrected chi connectivity index (χ1v) is 10.0. The van der Waals surface area contributed by atoms with Gasteiger partial charge in [0.1, 0.15) is 5.69 Å². The van der Waals surface area contributed by atoms with Crippen molar-refractivity contribution in [3.63, 3.8) is 0 Å². The number of imidazole rings is 2. The number of aromatic amines is 1. The molecule has 4 N–H and O–H groups in total. The molecule has 3 aromatic rings. The van der Waals surface area contributed by atoms with Crippen LogP contribution < -0.4 is 16.0 Å². The van der Waals surface area contributed by atoms with Gasteiger partial charge in [-0.1, -0.05) is 0 Å². The predicted octanol–water partition coefficient (Wildman–Crippen LogP) is 0.669. The van der Waals surface area contributed by atoms with Crippen LogP contribution in [0.5, 0.6) is 0 Å². The number of carbonyl (C=O) groups is 4. The molecule has 0 spiro atoms. The fraction of sp³-hybridized carbons (Fsp3) is 0.300. The molecule has 0 fully saturated rings. The molecule has 0 bridgehead atoms. The van der Waals surface area contributed by atoms with Gasteiger partial charge < -0.3 is 34.8 Å². The number of nitrogens with one attached hydrogen (secondary N) is 4. The first-order chi connectivity index (χ1) is 15.8. The maximum atomic E-state index is 12.3. The van der Waals surface area contributed by atoms with E-state index in [0.717, 1.165) is 0 Å². The fourth-order valence-corrected chi connectivity index (χ4v) is 2.87. The third kappa shape index (κ3) is 5.84. The molecule has 0 saturated heterocycles. The molecular weight excluding hydrogens is 432 g/mol. The summed E-state index contributed by atoms with van der Waals surface area (Å²) in [5.74, 6) is -1.33. The molecule has 3 aromatic heterocycles. The zero-order valence-corrected chi connectivity index (χ0v) is 18.3. The van der Waals surface area contributed by atoms with Crippen LogP contribution in [0, 0.1) is 0 Å². The Bertz CT molecular complexity index is 1170. The van der Waals surface area contributed by atoms with E-state index in [0.29, 0.717) is 5.69 Å². The first kappa shape index (κ1) is 23.2. The lowest BCUT2D eigenvalue weighted by Gasteiger charge is -2.04. The van der Waals surface area contributed by atoms with Crippen molar-refractivity contribution in [3.8, 4) is 0 Å². The molecule has 0 aliphatic rings. The Hall–Kier alpha value is -4.42. The van der Waals surface area contributed by atoms with Crippen LogP contribution in [0.25, 0.3) is 0 Å². The summed E-state index contributed by atoms with van der Waals surface area (Å²) in [6.07, 6.45) is 6.11. The standard InChI is InChI=1S/C20H24N8O5/c1-4-33-20(32)17-26-14(11-28(17)3)25-15(29)5-6-22-18(30)13-9-12(10-23-13)24-19(31)16-21-7-8-27(16)2/h7-11,23H,4-6H2,1-3H3,(H,22,30)(H,24,31)(H,25,29). The van der Waals surface area contributed by atoms with Gasteiger partial charge in [0.15, 0.2) is 11.6 Å². The predicted molar refractivity (Wildman–Crippen MR) is 117 cm³/mol. The van der Waals surface area contributed by atoms with E-state index in [4.69, 9.17) is 4.74 Å². The third-order valence-corrected chi connectivity index (χ3v) is 4.45. The number of rotatable bonds is 9. The Morgan fingerprint density at radius 1 is 1.09 bits per heavy atom. The molecule has 0 atom stereocenters. The minimum atomic E-state index is -0.589. The number of aryl methyl sites for hydroxylation is 2. The maximum absolute atomic E-state index is 12.3. The fourth-order valence-electron chi connectivity index (χ4n) is 2.87. The van der Waals surface area contributed by atoms with Gasteiger partial charge in [-0.2, -0.15) is 0 Å². The molecule has 0 saturated carbocycles. The van der Waals surface area contributed by atoms with Crippen LogP contribution >= 0.6 is 0 Å². The highest BCUT2D eigenvalue weighted by Gasteiger charge is 2.17. The van der Waals surface area contributed by atoms with Gasteiger partial charge in [0.05, 0.1) is 12.3 Å². The number of anilines is 2. The molecule has 13 nitrogen and oxygen atoms in total. The van der Waals surface area contributed by atoms with Crippen LogP contribution in [0.1, 0.15) is 45.1 Å². The monoisotopic (exact) mass is 456 g/mol. The van der Waals surface area contributed by atoms with E-state index in [1.807, 2.05) is 0 Å². The van der Waals surface area contributed by atoms with Crippen molar-refractivity contribution in [2.75, 3.05) is 23.8 Å². The number of amides is 3. The van der Waals surface area contributed by atoms with Gasteiger partial charge >= 0.3 is 5.97 Å². The van der Waals surface area contributed by atoms with Gasteiger partial charge in [-0.25, -0.2) is 14.8 Å². The van der Waals surface area contributed by atoms with Crippen LogP contribution in [-0.2, 0) is 23.6 Å². The lowest BCUT2D eigenvalue weighted by atomic mass is 10.3. The van der Waals surface area contributed by atoms with Crippen molar-refractivity contribution in [1.29, 1.82) is 0 Å². The molecule has 0 radical (unpaired) electrons. The smallest absolute Gasteiger partial charge is 0.374 e. The summed E-state index contributed by atoms with van der Waals surface area (Å²) in [4.78, 5) is 59.1. The Morgan fingerprint density at radius 2 is 1.88 bits per heavy atom. The van der Waals surface area contributed by atoms with E-state index in [1.54, 1.807) is 31.8 Å². The molecule has 33 heavy (non-hydrogen) atoms. The molecule has 0 aromatic carbocycles. The molecular formula is C20H24N8O5. The number of hydrogen-bond donors (Lipinski definition) is 4. The van der Waals surface area contributed by atoms with Gasteiger partial charge in [-0.05, 0) is 13.0 Å². The minimum absolute atomic E-state index is 0.0134. The summed E-state index contributed by atoms with van der Waals surface area (Å²) in [5.41, 5.74) is 0.618. The third-order valence-electron chi connectivity index (χ3n) is 4.45. The van der Waals surface area contributed by atoms with Gasteiger partial charge in [-0.15, -0.1) is 0 Å². The molecule has 13 heteroatoms. The van der Waals surface area contributed by atoms with Crippen molar-refractivity contribution >= 4 is 35.2 Å². The number of aromatic nitrogens is 5. The molecule has 0 aliphatic heterocycles. The zero-order chi connectivity index (χ0) is 24.0. The van der Waals surface area contributed by atoms with Gasteiger partial charge in [0.2, 0.25) is 11.7 Å². The van der Waals surface area contributed by atoms with E-state index >= 15 is 0 Å². The highest BCUT2D eigenvalue weighted by atomic mass is 16.5. The van der Waals surface area contributed by atoms with E-state index < -0.39 is 23.7 Å². The molecule has 0 unspecified atom stereocenters. The quantitative estimate of drug-likeness (QED) is 0.344.